The van der Waals surface area contributed by atoms with Gasteiger partial charge < -0.3 is 15.5 Å². The number of amides is 3. The number of carbonyl (C=O) groups is 2. The molecule has 0 bridgehead atoms. The first kappa shape index (κ1) is 19.5. The van der Waals surface area contributed by atoms with E-state index in [4.69, 9.17) is 0 Å². The van der Waals surface area contributed by atoms with Crippen LogP contribution in [0.2, 0.25) is 0 Å². The minimum absolute atomic E-state index is 0.0138. The van der Waals surface area contributed by atoms with Crippen molar-refractivity contribution in [3.8, 4) is 0 Å². The van der Waals surface area contributed by atoms with Crippen molar-refractivity contribution in [1.29, 1.82) is 0 Å². The van der Waals surface area contributed by atoms with E-state index in [-0.39, 0.29) is 24.5 Å². The minimum atomic E-state index is -0.283. The van der Waals surface area contributed by atoms with Crippen molar-refractivity contribution >= 4 is 17.6 Å². The van der Waals surface area contributed by atoms with Gasteiger partial charge in [0.25, 0.3) is 0 Å². The van der Waals surface area contributed by atoms with Crippen molar-refractivity contribution in [1.82, 2.24) is 10.2 Å². The number of likely N-dealkylation sites (N-methyl/N-ethyl adjacent to an activating group) is 1. The second kappa shape index (κ2) is 8.52. The second-order valence-corrected chi connectivity index (χ2v) is 6.76. The van der Waals surface area contributed by atoms with Crippen molar-refractivity contribution < 1.29 is 9.59 Å². The molecule has 0 spiro atoms. The average molecular weight is 353 g/mol. The summed E-state index contributed by atoms with van der Waals surface area (Å²) in [7, 11) is 1.61. The van der Waals surface area contributed by atoms with Gasteiger partial charge in [-0.05, 0) is 44.4 Å². The Balaban J connectivity index is 1.93. The van der Waals surface area contributed by atoms with Crippen molar-refractivity contribution in [2.75, 3.05) is 18.9 Å². The van der Waals surface area contributed by atoms with Gasteiger partial charge in [-0.3, -0.25) is 4.79 Å². The van der Waals surface area contributed by atoms with E-state index in [1.807, 2.05) is 70.2 Å². The lowest BCUT2D eigenvalue weighted by Crippen LogP contribution is -2.42. The van der Waals surface area contributed by atoms with E-state index in [1.165, 1.54) is 4.90 Å². The summed E-state index contributed by atoms with van der Waals surface area (Å²) in [4.78, 5) is 26.1. The van der Waals surface area contributed by atoms with Gasteiger partial charge in [0.05, 0.1) is 6.04 Å². The molecule has 5 heteroatoms. The molecule has 2 rings (SSSR count). The Bertz CT molecular complexity index is 764. The Morgan fingerprint density at radius 3 is 2.19 bits per heavy atom. The van der Waals surface area contributed by atoms with Crippen LogP contribution in [-0.4, -0.2) is 30.4 Å². The molecule has 0 saturated carbocycles. The number of hydrogen-bond donors (Lipinski definition) is 2. The van der Waals surface area contributed by atoms with Gasteiger partial charge in [-0.25, -0.2) is 4.79 Å². The number of nitrogens with zero attached hydrogens (tertiary/aromatic N) is 1. The number of anilines is 1. The summed E-state index contributed by atoms with van der Waals surface area (Å²) < 4.78 is 0. The zero-order chi connectivity index (χ0) is 19.3. The SMILES string of the molecule is Cc1cc(C)c(NC(=O)CN(C)C(=O)NC(C)c2ccccc2)c(C)c1. The molecule has 1 unspecified atom stereocenters. The van der Waals surface area contributed by atoms with Crippen LogP contribution < -0.4 is 10.6 Å². The van der Waals surface area contributed by atoms with Crippen LogP contribution in [0.5, 0.6) is 0 Å². The summed E-state index contributed by atoms with van der Waals surface area (Å²) in [5, 5.41) is 5.82. The quantitative estimate of drug-likeness (QED) is 0.855. The molecule has 0 aromatic heterocycles. The molecule has 0 radical (unpaired) electrons. The number of carbonyl (C=O) groups excluding carboxylic acids is 2. The molecular formula is C21H27N3O2. The average Bonchev–Trinajstić information content (AvgIpc) is 2.58. The minimum Gasteiger partial charge on any atom is -0.331 e. The van der Waals surface area contributed by atoms with Crippen molar-refractivity contribution in [2.45, 2.75) is 33.7 Å². The van der Waals surface area contributed by atoms with E-state index in [0.29, 0.717) is 0 Å². The van der Waals surface area contributed by atoms with Crippen LogP contribution in [0, 0.1) is 20.8 Å². The molecule has 0 aliphatic heterocycles. The highest BCUT2D eigenvalue weighted by Gasteiger charge is 2.17. The molecule has 0 fully saturated rings. The molecule has 3 amide bonds. The molecule has 0 saturated heterocycles. The first-order chi connectivity index (χ1) is 12.3. The highest BCUT2D eigenvalue weighted by Crippen LogP contribution is 2.21. The molecule has 0 aliphatic rings. The topological polar surface area (TPSA) is 61.4 Å². The summed E-state index contributed by atoms with van der Waals surface area (Å²) in [6.45, 7) is 7.86. The second-order valence-electron chi connectivity index (χ2n) is 6.76. The van der Waals surface area contributed by atoms with Gasteiger partial charge in [-0.2, -0.15) is 0 Å². The van der Waals surface area contributed by atoms with Gasteiger partial charge in [-0.15, -0.1) is 0 Å². The number of benzene rings is 2. The predicted octanol–water partition coefficient (Wildman–Crippen LogP) is 3.95. The smallest absolute Gasteiger partial charge is 0.318 e. The van der Waals surface area contributed by atoms with Crippen LogP contribution in [-0.2, 0) is 4.79 Å². The molecule has 2 N–H and O–H groups in total. The summed E-state index contributed by atoms with van der Waals surface area (Å²) in [6.07, 6.45) is 0. The monoisotopic (exact) mass is 353 g/mol. The van der Waals surface area contributed by atoms with Crippen molar-refractivity contribution in [3.63, 3.8) is 0 Å². The van der Waals surface area contributed by atoms with Crippen LogP contribution >= 0.6 is 0 Å². The maximum absolute atomic E-state index is 12.3. The molecule has 1 atom stereocenters. The molecule has 138 valence electrons. The fourth-order valence-corrected chi connectivity index (χ4v) is 2.96. The van der Waals surface area contributed by atoms with E-state index < -0.39 is 0 Å². The molecular weight excluding hydrogens is 326 g/mol. The number of rotatable bonds is 5. The number of urea groups is 1. The molecule has 2 aromatic carbocycles. The Kier molecular flexibility index (Phi) is 6.39. The summed E-state index contributed by atoms with van der Waals surface area (Å²) in [5.41, 5.74) is 5.02. The van der Waals surface area contributed by atoms with Gasteiger partial charge >= 0.3 is 6.03 Å². The van der Waals surface area contributed by atoms with Crippen molar-refractivity contribution in [2.24, 2.45) is 0 Å². The number of nitrogens with one attached hydrogen (secondary N) is 2. The van der Waals surface area contributed by atoms with Gasteiger partial charge in [0, 0.05) is 12.7 Å². The number of hydrogen-bond acceptors (Lipinski definition) is 2. The Morgan fingerprint density at radius 2 is 1.62 bits per heavy atom. The molecule has 0 aliphatic carbocycles. The van der Waals surface area contributed by atoms with Crippen LogP contribution in [0.4, 0.5) is 10.5 Å². The lowest BCUT2D eigenvalue weighted by atomic mass is 10.1. The summed E-state index contributed by atoms with van der Waals surface area (Å²) in [5.74, 6) is -0.218. The van der Waals surface area contributed by atoms with Crippen LogP contribution in [0.15, 0.2) is 42.5 Å². The lowest BCUT2D eigenvalue weighted by molar-refractivity contribution is -0.116. The Labute approximate surface area is 155 Å². The highest BCUT2D eigenvalue weighted by molar-refractivity contribution is 5.95. The fourth-order valence-electron chi connectivity index (χ4n) is 2.96. The van der Waals surface area contributed by atoms with Gasteiger partial charge in [0.15, 0.2) is 0 Å². The zero-order valence-electron chi connectivity index (χ0n) is 16.1. The van der Waals surface area contributed by atoms with Gasteiger partial charge in [0.2, 0.25) is 5.91 Å². The van der Waals surface area contributed by atoms with Crippen molar-refractivity contribution in [3.05, 3.63) is 64.7 Å². The van der Waals surface area contributed by atoms with E-state index in [9.17, 15) is 9.59 Å². The van der Waals surface area contributed by atoms with E-state index >= 15 is 0 Å². The summed E-state index contributed by atoms with van der Waals surface area (Å²) in [6, 6.07) is 13.4. The first-order valence-electron chi connectivity index (χ1n) is 8.72. The van der Waals surface area contributed by atoms with E-state index in [1.54, 1.807) is 7.05 Å². The third kappa shape index (κ3) is 5.09. The fraction of sp³-hybridized carbons (Fsp3) is 0.333. The van der Waals surface area contributed by atoms with E-state index in [2.05, 4.69) is 10.6 Å². The number of aryl methyl sites for hydroxylation is 3. The standard InChI is InChI=1S/C21H27N3O2/c1-14-11-15(2)20(16(3)12-14)23-19(25)13-24(5)21(26)22-17(4)18-9-7-6-8-10-18/h6-12,17H,13H2,1-5H3,(H,22,26)(H,23,25). The molecule has 26 heavy (non-hydrogen) atoms. The highest BCUT2D eigenvalue weighted by atomic mass is 16.2. The molecule has 2 aromatic rings. The van der Waals surface area contributed by atoms with Crippen LogP contribution in [0.3, 0.4) is 0 Å². The summed E-state index contributed by atoms with van der Waals surface area (Å²) >= 11 is 0. The normalized spacial score (nSPS) is 11.6. The predicted molar refractivity (Wildman–Crippen MR) is 105 cm³/mol. The molecule has 0 heterocycles. The third-order valence-corrected chi connectivity index (χ3v) is 4.31. The van der Waals surface area contributed by atoms with Crippen LogP contribution in [0.25, 0.3) is 0 Å². The van der Waals surface area contributed by atoms with Gasteiger partial charge in [0.1, 0.15) is 6.54 Å². The van der Waals surface area contributed by atoms with Gasteiger partial charge in [-0.1, -0.05) is 48.0 Å². The van der Waals surface area contributed by atoms with E-state index in [0.717, 1.165) is 27.9 Å². The first-order valence-corrected chi connectivity index (χ1v) is 8.72. The third-order valence-electron chi connectivity index (χ3n) is 4.31. The maximum Gasteiger partial charge on any atom is 0.318 e. The van der Waals surface area contributed by atoms with Crippen LogP contribution in [0.1, 0.15) is 35.2 Å². The molecule has 5 nitrogen and oxygen atoms in total. The largest absolute Gasteiger partial charge is 0.331 e. The Hall–Kier alpha value is -2.82. The maximum atomic E-state index is 12.3. The Morgan fingerprint density at radius 1 is 1.04 bits per heavy atom. The zero-order valence-corrected chi connectivity index (χ0v) is 16.1. The lowest BCUT2D eigenvalue weighted by Gasteiger charge is -2.22.